The Morgan fingerprint density at radius 3 is 2.59 bits per heavy atom. The molecule has 0 saturated carbocycles. The van der Waals surface area contributed by atoms with E-state index in [4.69, 9.17) is 4.74 Å². The third-order valence-electron chi connectivity index (χ3n) is 3.15. The number of thiophene rings is 1. The van der Waals surface area contributed by atoms with Gasteiger partial charge in [0.25, 0.3) is 5.91 Å². The molecule has 0 radical (unpaired) electrons. The van der Waals surface area contributed by atoms with Gasteiger partial charge >= 0.3 is 18.6 Å². The van der Waals surface area contributed by atoms with Gasteiger partial charge in [-0.25, -0.2) is 9.59 Å². The number of rotatable bonds is 8. The number of ether oxygens (including phenoxy) is 2. The summed E-state index contributed by atoms with van der Waals surface area (Å²) in [4.78, 5) is 36.2. The zero-order valence-corrected chi connectivity index (χ0v) is 14.8. The van der Waals surface area contributed by atoms with Crippen LogP contribution in [-0.2, 0) is 16.0 Å². The summed E-state index contributed by atoms with van der Waals surface area (Å²) in [5.74, 6) is -2.26. The van der Waals surface area contributed by atoms with Crippen LogP contribution in [0.4, 0.5) is 13.6 Å². The van der Waals surface area contributed by atoms with Gasteiger partial charge in [-0.05, 0) is 30.0 Å². The molecule has 0 saturated heterocycles. The Morgan fingerprint density at radius 2 is 1.89 bits per heavy atom. The standard InChI is InChI=1S/C17H16F2N2O5S/c18-16(19)26-13-6-2-1-5-12(13)15(23)25-10-14(22)21-17(24)20-8-7-11-4-3-9-27-11/h1-6,9,16H,7-8,10H2,(H2,20,21,22,24). The minimum Gasteiger partial charge on any atom is -0.452 e. The number of carbonyl (C=O) groups excluding carboxylic acids is 3. The number of halogens is 2. The van der Waals surface area contributed by atoms with Crippen LogP contribution in [0, 0.1) is 0 Å². The number of nitrogens with one attached hydrogen (secondary N) is 2. The molecule has 0 bridgehead atoms. The van der Waals surface area contributed by atoms with Crippen molar-refractivity contribution >= 4 is 29.2 Å². The Balaban J connectivity index is 1.74. The van der Waals surface area contributed by atoms with Crippen LogP contribution in [0.1, 0.15) is 15.2 Å². The summed E-state index contributed by atoms with van der Waals surface area (Å²) < 4.78 is 33.6. The third kappa shape index (κ3) is 7.02. The van der Waals surface area contributed by atoms with E-state index in [1.165, 1.54) is 24.3 Å². The van der Waals surface area contributed by atoms with Crippen molar-refractivity contribution in [1.29, 1.82) is 0 Å². The molecule has 0 atom stereocenters. The minimum absolute atomic E-state index is 0.258. The van der Waals surface area contributed by atoms with Crippen molar-refractivity contribution in [3.63, 3.8) is 0 Å². The number of hydrogen-bond donors (Lipinski definition) is 2. The van der Waals surface area contributed by atoms with Crippen molar-refractivity contribution in [1.82, 2.24) is 10.6 Å². The second-order valence-electron chi connectivity index (χ2n) is 5.08. The van der Waals surface area contributed by atoms with E-state index in [0.717, 1.165) is 4.88 Å². The highest BCUT2D eigenvalue weighted by Crippen LogP contribution is 2.21. The van der Waals surface area contributed by atoms with E-state index >= 15 is 0 Å². The van der Waals surface area contributed by atoms with E-state index in [-0.39, 0.29) is 11.3 Å². The smallest absolute Gasteiger partial charge is 0.387 e. The fraction of sp³-hybridized carbons (Fsp3) is 0.235. The van der Waals surface area contributed by atoms with Crippen LogP contribution < -0.4 is 15.4 Å². The lowest BCUT2D eigenvalue weighted by molar-refractivity contribution is -0.123. The first-order valence-electron chi connectivity index (χ1n) is 7.76. The van der Waals surface area contributed by atoms with E-state index in [0.29, 0.717) is 13.0 Å². The van der Waals surface area contributed by atoms with Crippen molar-refractivity contribution in [3.05, 3.63) is 52.2 Å². The van der Waals surface area contributed by atoms with Crippen molar-refractivity contribution < 1.29 is 32.6 Å². The second-order valence-corrected chi connectivity index (χ2v) is 6.12. The molecule has 3 amide bonds. The molecule has 7 nitrogen and oxygen atoms in total. The monoisotopic (exact) mass is 398 g/mol. The molecular weight excluding hydrogens is 382 g/mol. The van der Waals surface area contributed by atoms with E-state index in [9.17, 15) is 23.2 Å². The lowest BCUT2D eigenvalue weighted by atomic mass is 10.2. The molecule has 1 heterocycles. The van der Waals surface area contributed by atoms with Crippen LogP contribution in [0.15, 0.2) is 41.8 Å². The van der Waals surface area contributed by atoms with Gasteiger partial charge in [-0.2, -0.15) is 8.78 Å². The van der Waals surface area contributed by atoms with Crippen LogP contribution in [0.3, 0.4) is 0 Å². The molecule has 2 rings (SSSR count). The number of amides is 3. The molecule has 1 aromatic carbocycles. The number of benzene rings is 1. The quantitative estimate of drug-likeness (QED) is 0.667. The molecule has 10 heteroatoms. The van der Waals surface area contributed by atoms with Gasteiger partial charge in [0, 0.05) is 11.4 Å². The molecule has 0 spiro atoms. The van der Waals surface area contributed by atoms with Crippen molar-refractivity contribution in [2.45, 2.75) is 13.0 Å². The number of alkyl halides is 2. The van der Waals surface area contributed by atoms with Crippen LogP contribution in [0.5, 0.6) is 5.75 Å². The molecule has 0 aliphatic carbocycles. The van der Waals surface area contributed by atoms with Gasteiger partial charge in [-0.3, -0.25) is 10.1 Å². The largest absolute Gasteiger partial charge is 0.452 e. The van der Waals surface area contributed by atoms with Crippen LogP contribution in [0.25, 0.3) is 0 Å². The maximum atomic E-state index is 12.3. The van der Waals surface area contributed by atoms with Gasteiger partial charge in [0.1, 0.15) is 11.3 Å². The Morgan fingerprint density at radius 1 is 1.11 bits per heavy atom. The lowest BCUT2D eigenvalue weighted by Crippen LogP contribution is -2.42. The second kappa shape index (κ2) is 10.2. The van der Waals surface area contributed by atoms with Crippen molar-refractivity contribution in [2.75, 3.05) is 13.2 Å². The summed E-state index contributed by atoms with van der Waals surface area (Å²) in [5, 5.41) is 6.41. The average Bonchev–Trinajstić information content (AvgIpc) is 3.13. The fourth-order valence-corrected chi connectivity index (χ4v) is 2.71. The molecule has 27 heavy (non-hydrogen) atoms. The van der Waals surface area contributed by atoms with Gasteiger partial charge in [0.2, 0.25) is 0 Å². The number of para-hydroxylation sites is 1. The highest BCUT2D eigenvalue weighted by atomic mass is 32.1. The van der Waals surface area contributed by atoms with E-state index in [1.54, 1.807) is 11.3 Å². The van der Waals surface area contributed by atoms with E-state index in [1.807, 2.05) is 22.8 Å². The zero-order valence-electron chi connectivity index (χ0n) is 13.9. The number of esters is 1. The SMILES string of the molecule is O=C(COC(=O)c1ccccc1OC(F)F)NC(=O)NCCc1cccs1. The normalized spacial score (nSPS) is 10.3. The first kappa shape index (κ1) is 20.3. The van der Waals surface area contributed by atoms with Gasteiger partial charge in [0.15, 0.2) is 6.61 Å². The summed E-state index contributed by atoms with van der Waals surface area (Å²) in [7, 11) is 0. The number of imide groups is 1. The Kier molecular flexibility index (Phi) is 7.68. The highest BCUT2D eigenvalue weighted by Gasteiger charge is 2.18. The summed E-state index contributed by atoms with van der Waals surface area (Å²) >= 11 is 1.55. The molecule has 0 aliphatic rings. The first-order valence-corrected chi connectivity index (χ1v) is 8.64. The number of urea groups is 1. The Hall–Kier alpha value is -3.01. The summed E-state index contributed by atoms with van der Waals surface area (Å²) in [6.07, 6.45) is 0.620. The van der Waals surface area contributed by atoms with Crippen LogP contribution in [0.2, 0.25) is 0 Å². The average molecular weight is 398 g/mol. The summed E-state index contributed by atoms with van der Waals surface area (Å²) in [6, 6.07) is 8.30. The van der Waals surface area contributed by atoms with Crippen LogP contribution in [-0.4, -0.2) is 37.7 Å². The van der Waals surface area contributed by atoms with Gasteiger partial charge in [-0.1, -0.05) is 18.2 Å². The minimum atomic E-state index is -3.11. The molecule has 0 fully saturated rings. The first-order chi connectivity index (χ1) is 13.0. The maximum Gasteiger partial charge on any atom is 0.387 e. The predicted octanol–water partition coefficient (Wildman–Crippen LogP) is 2.57. The van der Waals surface area contributed by atoms with Crippen LogP contribution >= 0.6 is 11.3 Å². The van der Waals surface area contributed by atoms with E-state index in [2.05, 4.69) is 10.1 Å². The summed E-state index contributed by atoms with van der Waals surface area (Å²) in [6.45, 7) is -3.53. The number of hydrogen-bond acceptors (Lipinski definition) is 6. The molecule has 0 unspecified atom stereocenters. The molecule has 1 aromatic heterocycles. The Bertz CT molecular complexity index is 783. The van der Waals surface area contributed by atoms with Gasteiger partial charge in [0.05, 0.1) is 0 Å². The predicted molar refractivity (Wildman–Crippen MR) is 92.9 cm³/mol. The lowest BCUT2D eigenvalue weighted by Gasteiger charge is -2.10. The molecular formula is C17H16F2N2O5S. The molecule has 144 valence electrons. The topological polar surface area (TPSA) is 93.7 Å². The third-order valence-corrected chi connectivity index (χ3v) is 4.08. The van der Waals surface area contributed by atoms with Crippen molar-refractivity contribution in [3.8, 4) is 5.75 Å². The zero-order chi connectivity index (χ0) is 19.6. The Labute approximate surface area is 157 Å². The number of carbonyl (C=O) groups is 3. The molecule has 0 aliphatic heterocycles. The van der Waals surface area contributed by atoms with Gasteiger partial charge < -0.3 is 14.8 Å². The fourth-order valence-electron chi connectivity index (χ4n) is 2.00. The maximum absolute atomic E-state index is 12.3. The molecule has 2 aromatic rings. The summed E-state index contributed by atoms with van der Waals surface area (Å²) in [5.41, 5.74) is -0.258. The van der Waals surface area contributed by atoms with Gasteiger partial charge in [-0.15, -0.1) is 11.3 Å². The highest BCUT2D eigenvalue weighted by molar-refractivity contribution is 7.09. The molecule has 2 N–H and O–H groups in total. The van der Waals surface area contributed by atoms with Crippen molar-refractivity contribution in [2.24, 2.45) is 0 Å². The van der Waals surface area contributed by atoms with E-state index < -0.39 is 31.1 Å².